The fraction of sp³-hybridized carbons (Fsp3) is 0.154. The van der Waals surface area contributed by atoms with Crippen LogP contribution in [0.1, 0.15) is 27.1 Å². The van der Waals surface area contributed by atoms with Gasteiger partial charge in [0, 0.05) is 22.2 Å². The van der Waals surface area contributed by atoms with Crippen LogP contribution in [-0.2, 0) is 9.59 Å². The number of halogens is 1. The number of hydrogen-bond acceptors (Lipinski definition) is 6. The van der Waals surface area contributed by atoms with Gasteiger partial charge < -0.3 is 9.47 Å². The molecule has 1 atom stereocenters. The molecule has 4 amide bonds. The van der Waals surface area contributed by atoms with Gasteiger partial charge in [-0.1, -0.05) is 29.8 Å². The van der Waals surface area contributed by atoms with Crippen LogP contribution < -0.4 is 19.8 Å². The van der Waals surface area contributed by atoms with Crippen LogP contribution in [0.25, 0.3) is 0 Å². The Morgan fingerprint density at radius 1 is 0.889 bits per heavy atom. The fourth-order valence-electron chi connectivity index (χ4n) is 4.03. The smallest absolute Gasteiger partial charge is 0.273 e. The summed E-state index contributed by atoms with van der Waals surface area (Å²) in [5, 5.41) is 1.36. The van der Waals surface area contributed by atoms with Crippen molar-refractivity contribution in [2.24, 2.45) is 0 Å². The number of fused-ring (bicyclic) bond motifs is 1. The van der Waals surface area contributed by atoms with Gasteiger partial charge in [-0.2, -0.15) is 0 Å². The molecule has 36 heavy (non-hydrogen) atoms. The van der Waals surface area contributed by atoms with Crippen LogP contribution in [0.4, 0.5) is 5.69 Å². The van der Waals surface area contributed by atoms with Gasteiger partial charge in [-0.05, 0) is 48.5 Å². The third-order valence-corrected chi connectivity index (χ3v) is 6.04. The Balaban J connectivity index is 1.46. The summed E-state index contributed by atoms with van der Waals surface area (Å²) < 4.78 is 11.1. The van der Waals surface area contributed by atoms with Gasteiger partial charge in [-0.25, -0.2) is 9.91 Å². The lowest BCUT2D eigenvalue weighted by molar-refractivity contribution is -0.122. The summed E-state index contributed by atoms with van der Waals surface area (Å²) in [6.45, 7) is 0.747. The zero-order valence-corrected chi connectivity index (χ0v) is 19.6. The second-order valence-corrected chi connectivity index (χ2v) is 8.54. The maximum atomic E-state index is 13.5. The van der Waals surface area contributed by atoms with Crippen LogP contribution in [0.3, 0.4) is 0 Å². The van der Waals surface area contributed by atoms with Gasteiger partial charge >= 0.3 is 0 Å². The fourth-order valence-corrected chi connectivity index (χ4v) is 4.15. The SMILES string of the molecule is O=C(NN(C(=O)c1ccccc1)C1CC(=O)N(c2ccc3c(c2)OCCO3)C1=O)c1ccc(Cl)cc1. The first kappa shape index (κ1) is 23.4. The van der Waals surface area contributed by atoms with Crippen LogP contribution in [0.2, 0.25) is 5.02 Å². The first-order valence-electron chi connectivity index (χ1n) is 11.1. The number of rotatable bonds is 4. The van der Waals surface area contributed by atoms with Gasteiger partial charge in [0.2, 0.25) is 5.91 Å². The van der Waals surface area contributed by atoms with E-state index < -0.39 is 29.7 Å². The molecule has 0 aliphatic carbocycles. The van der Waals surface area contributed by atoms with E-state index in [1.54, 1.807) is 48.5 Å². The van der Waals surface area contributed by atoms with E-state index in [2.05, 4.69) is 5.43 Å². The molecule has 2 aliphatic heterocycles. The molecule has 182 valence electrons. The standard InChI is InChI=1S/C26H20ClN3O6/c27-18-8-6-16(7-9-18)24(32)28-30(25(33)17-4-2-1-3-5-17)20-15-23(31)29(26(20)34)19-10-11-21-22(14-19)36-13-12-35-21/h1-11,14,20H,12-13,15H2,(H,28,32). The zero-order chi connectivity index (χ0) is 25.2. The summed E-state index contributed by atoms with van der Waals surface area (Å²) >= 11 is 5.91. The molecule has 5 rings (SSSR count). The Morgan fingerprint density at radius 2 is 1.58 bits per heavy atom. The molecule has 3 aromatic carbocycles. The van der Waals surface area contributed by atoms with Gasteiger partial charge in [0.05, 0.1) is 12.1 Å². The molecule has 10 heteroatoms. The van der Waals surface area contributed by atoms with Gasteiger partial charge in [-0.3, -0.25) is 24.6 Å². The van der Waals surface area contributed by atoms with E-state index >= 15 is 0 Å². The molecule has 1 N–H and O–H groups in total. The number of hydrazine groups is 1. The van der Waals surface area contributed by atoms with Crippen molar-refractivity contribution < 1.29 is 28.7 Å². The molecule has 1 fully saturated rings. The monoisotopic (exact) mass is 505 g/mol. The molecule has 0 bridgehead atoms. The van der Waals surface area contributed by atoms with E-state index in [1.165, 1.54) is 24.3 Å². The van der Waals surface area contributed by atoms with Crippen molar-refractivity contribution in [1.82, 2.24) is 10.4 Å². The molecule has 0 aromatic heterocycles. The predicted octanol–water partition coefficient (Wildman–Crippen LogP) is 3.23. The minimum atomic E-state index is -1.25. The predicted molar refractivity (Wildman–Crippen MR) is 130 cm³/mol. The van der Waals surface area contributed by atoms with Crippen molar-refractivity contribution in [3.8, 4) is 11.5 Å². The first-order chi connectivity index (χ1) is 17.4. The Kier molecular flexibility index (Phi) is 6.30. The largest absolute Gasteiger partial charge is 0.486 e. The molecule has 9 nitrogen and oxygen atoms in total. The highest BCUT2D eigenvalue weighted by molar-refractivity contribution is 6.30. The van der Waals surface area contributed by atoms with Gasteiger partial charge in [-0.15, -0.1) is 0 Å². The number of benzene rings is 3. The third kappa shape index (κ3) is 4.48. The Hall–Kier alpha value is -4.37. The first-order valence-corrected chi connectivity index (χ1v) is 11.5. The molecular weight excluding hydrogens is 486 g/mol. The molecule has 1 unspecified atom stereocenters. The van der Waals surface area contributed by atoms with Crippen molar-refractivity contribution in [3.63, 3.8) is 0 Å². The number of amides is 4. The number of imide groups is 1. The lowest BCUT2D eigenvalue weighted by Gasteiger charge is -2.28. The van der Waals surface area contributed by atoms with E-state index in [0.717, 1.165) is 9.91 Å². The summed E-state index contributed by atoms with van der Waals surface area (Å²) in [5.41, 5.74) is 3.28. The van der Waals surface area contributed by atoms with Gasteiger partial charge in [0.15, 0.2) is 11.5 Å². The summed E-state index contributed by atoms with van der Waals surface area (Å²) in [6, 6.07) is 17.7. The number of carbonyl (C=O) groups excluding carboxylic acids is 4. The molecule has 0 radical (unpaired) electrons. The molecule has 0 spiro atoms. The van der Waals surface area contributed by atoms with E-state index in [4.69, 9.17) is 21.1 Å². The third-order valence-electron chi connectivity index (χ3n) is 5.79. The maximum Gasteiger partial charge on any atom is 0.273 e. The molecule has 2 heterocycles. The minimum Gasteiger partial charge on any atom is -0.486 e. The van der Waals surface area contributed by atoms with Crippen molar-refractivity contribution in [3.05, 3.63) is 88.9 Å². The Morgan fingerprint density at radius 3 is 2.31 bits per heavy atom. The van der Waals surface area contributed by atoms with Crippen LogP contribution in [0.15, 0.2) is 72.8 Å². The Bertz CT molecular complexity index is 1350. The number of carbonyl (C=O) groups is 4. The number of hydrogen-bond donors (Lipinski definition) is 1. The molecular formula is C26H20ClN3O6. The van der Waals surface area contributed by atoms with Crippen molar-refractivity contribution >= 4 is 40.9 Å². The summed E-state index contributed by atoms with van der Waals surface area (Å²) in [5.74, 6) is -1.51. The van der Waals surface area contributed by atoms with Crippen LogP contribution in [0, 0.1) is 0 Å². The van der Waals surface area contributed by atoms with E-state index in [0.29, 0.717) is 29.7 Å². The lowest BCUT2D eigenvalue weighted by Crippen LogP contribution is -2.54. The topological polar surface area (TPSA) is 105 Å². The van der Waals surface area contributed by atoms with E-state index in [-0.39, 0.29) is 23.2 Å². The minimum absolute atomic E-state index is 0.228. The highest BCUT2D eigenvalue weighted by Gasteiger charge is 2.45. The molecule has 0 saturated carbocycles. The highest BCUT2D eigenvalue weighted by atomic mass is 35.5. The van der Waals surface area contributed by atoms with Crippen molar-refractivity contribution in [2.45, 2.75) is 12.5 Å². The van der Waals surface area contributed by atoms with Crippen molar-refractivity contribution in [2.75, 3.05) is 18.1 Å². The van der Waals surface area contributed by atoms with E-state index in [9.17, 15) is 19.2 Å². The maximum absolute atomic E-state index is 13.5. The zero-order valence-electron chi connectivity index (χ0n) is 18.8. The van der Waals surface area contributed by atoms with Gasteiger partial charge in [0.1, 0.15) is 19.3 Å². The molecule has 1 saturated heterocycles. The number of ether oxygens (including phenoxy) is 2. The summed E-state index contributed by atoms with van der Waals surface area (Å²) in [7, 11) is 0. The highest BCUT2D eigenvalue weighted by Crippen LogP contribution is 2.36. The van der Waals surface area contributed by atoms with Crippen molar-refractivity contribution in [1.29, 1.82) is 0 Å². The average molecular weight is 506 g/mol. The second kappa shape index (κ2) is 9.71. The summed E-state index contributed by atoms with van der Waals surface area (Å²) in [6.07, 6.45) is -0.313. The lowest BCUT2D eigenvalue weighted by atomic mass is 10.1. The van der Waals surface area contributed by atoms with Crippen LogP contribution >= 0.6 is 11.6 Å². The molecule has 3 aromatic rings. The number of nitrogens with zero attached hydrogens (tertiary/aromatic N) is 2. The molecule has 2 aliphatic rings. The summed E-state index contributed by atoms with van der Waals surface area (Å²) in [4.78, 5) is 53.9. The van der Waals surface area contributed by atoms with Crippen LogP contribution in [0.5, 0.6) is 11.5 Å². The van der Waals surface area contributed by atoms with Gasteiger partial charge in [0.25, 0.3) is 17.7 Å². The normalized spacial score (nSPS) is 16.6. The average Bonchev–Trinajstić information content (AvgIpc) is 3.20. The number of nitrogens with one attached hydrogen (secondary N) is 1. The quantitative estimate of drug-likeness (QED) is 0.431. The number of anilines is 1. The van der Waals surface area contributed by atoms with Crippen LogP contribution in [-0.4, -0.2) is 47.9 Å². The second-order valence-electron chi connectivity index (χ2n) is 8.10. The Labute approximate surface area is 211 Å². The van der Waals surface area contributed by atoms with E-state index in [1.807, 2.05) is 0 Å².